The van der Waals surface area contributed by atoms with Crippen molar-refractivity contribution >= 4 is 27.5 Å². The monoisotopic (exact) mass is 491 g/mol. The Balaban J connectivity index is 1.57. The van der Waals surface area contributed by atoms with Gasteiger partial charge in [0, 0.05) is 38.3 Å². The summed E-state index contributed by atoms with van der Waals surface area (Å²) in [5, 5.41) is 3.24. The van der Waals surface area contributed by atoms with Crippen LogP contribution in [0, 0.1) is 6.92 Å². The van der Waals surface area contributed by atoms with Crippen molar-refractivity contribution in [3.63, 3.8) is 0 Å². The third kappa shape index (κ3) is 5.75. The smallest absolute Gasteiger partial charge is 0.251 e. The number of ether oxygens (including phenoxy) is 1. The van der Waals surface area contributed by atoms with Crippen molar-refractivity contribution in [3.05, 3.63) is 64.2 Å². The third-order valence-corrected chi connectivity index (χ3v) is 8.59. The summed E-state index contributed by atoms with van der Waals surface area (Å²) in [5.74, 6) is -0.330. The number of rotatable bonds is 7. The van der Waals surface area contributed by atoms with E-state index < -0.39 is 10.0 Å². The molecule has 0 spiro atoms. The second-order valence-electron chi connectivity index (χ2n) is 8.61. The molecule has 178 valence electrons. The van der Waals surface area contributed by atoms with Crippen molar-refractivity contribution in [1.29, 1.82) is 0 Å². The Morgan fingerprint density at radius 2 is 1.73 bits per heavy atom. The van der Waals surface area contributed by atoms with Gasteiger partial charge in [-0.3, -0.25) is 9.69 Å². The molecule has 0 aliphatic carbocycles. The van der Waals surface area contributed by atoms with Crippen LogP contribution in [0.3, 0.4) is 0 Å². The lowest BCUT2D eigenvalue weighted by molar-refractivity contribution is 0.0332. The molecular weight excluding hydrogens is 462 g/mol. The fourth-order valence-corrected chi connectivity index (χ4v) is 6.24. The maximum absolute atomic E-state index is 13.2. The van der Waals surface area contributed by atoms with Crippen molar-refractivity contribution in [2.75, 3.05) is 45.9 Å². The highest BCUT2D eigenvalue weighted by molar-refractivity contribution is 7.89. The first-order valence-corrected chi connectivity index (χ1v) is 13.1. The quantitative estimate of drug-likeness (QED) is 0.643. The number of carbonyl (C=O) groups is 1. The van der Waals surface area contributed by atoms with E-state index in [0.717, 1.165) is 37.1 Å². The van der Waals surface area contributed by atoms with Crippen molar-refractivity contribution in [2.24, 2.45) is 0 Å². The lowest BCUT2D eigenvalue weighted by Crippen LogP contribution is -2.43. The highest BCUT2D eigenvalue weighted by atomic mass is 35.5. The summed E-state index contributed by atoms with van der Waals surface area (Å²) < 4.78 is 33.0. The molecule has 2 fully saturated rings. The Morgan fingerprint density at radius 1 is 1.06 bits per heavy atom. The van der Waals surface area contributed by atoms with Crippen LogP contribution in [0.1, 0.15) is 40.4 Å². The van der Waals surface area contributed by atoms with Crippen molar-refractivity contribution in [2.45, 2.75) is 30.7 Å². The van der Waals surface area contributed by atoms with Crippen LogP contribution < -0.4 is 5.32 Å². The van der Waals surface area contributed by atoms with Gasteiger partial charge in [0.25, 0.3) is 5.91 Å². The molecule has 0 saturated carbocycles. The van der Waals surface area contributed by atoms with Gasteiger partial charge in [-0.1, -0.05) is 41.4 Å². The number of nitrogens with zero attached hydrogens (tertiary/aromatic N) is 2. The fraction of sp³-hybridized carbons (Fsp3) is 0.458. The van der Waals surface area contributed by atoms with Gasteiger partial charge in [-0.15, -0.1) is 0 Å². The first kappa shape index (κ1) is 24.2. The maximum atomic E-state index is 13.2. The first-order valence-electron chi connectivity index (χ1n) is 11.3. The maximum Gasteiger partial charge on any atom is 0.251 e. The fourth-order valence-electron chi connectivity index (χ4n) is 4.23. The van der Waals surface area contributed by atoms with Crippen LogP contribution in [0.5, 0.6) is 0 Å². The van der Waals surface area contributed by atoms with Gasteiger partial charge in [0.1, 0.15) is 4.90 Å². The van der Waals surface area contributed by atoms with Gasteiger partial charge in [-0.05, 0) is 43.5 Å². The number of halogens is 1. The Morgan fingerprint density at radius 3 is 2.39 bits per heavy atom. The number of aryl methyl sites for hydroxylation is 1. The Kier molecular flexibility index (Phi) is 7.71. The number of morpholine rings is 1. The van der Waals surface area contributed by atoms with E-state index in [1.807, 2.05) is 31.2 Å². The van der Waals surface area contributed by atoms with Crippen molar-refractivity contribution in [1.82, 2.24) is 14.5 Å². The largest absolute Gasteiger partial charge is 0.379 e. The van der Waals surface area contributed by atoms with E-state index >= 15 is 0 Å². The van der Waals surface area contributed by atoms with Gasteiger partial charge >= 0.3 is 0 Å². The van der Waals surface area contributed by atoms with E-state index in [0.29, 0.717) is 32.8 Å². The highest BCUT2D eigenvalue weighted by Gasteiger charge is 2.30. The molecule has 33 heavy (non-hydrogen) atoms. The standard InChI is InChI=1S/C24H30ClN3O4S/c1-18-4-6-19(7-5-18)22(17-27-12-14-32-15-13-27)26-24(29)20-8-9-21(25)23(16-20)33(30,31)28-10-2-3-11-28/h4-9,16,22H,2-3,10-15,17H2,1H3,(H,26,29)/t22-/m1/s1. The summed E-state index contributed by atoms with van der Waals surface area (Å²) in [6.45, 7) is 6.57. The number of hydrogen-bond donors (Lipinski definition) is 1. The summed E-state index contributed by atoms with van der Waals surface area (Å²) in [6.07, 6.45) is 1.66. The Labute approximate surface area is 200 Å². The highest BCUT2D eigenvalue weighted by Crippen LogP contribution is 2.28. The number of benzene rings is 2. The summed E-state index contributed by atoms with van der Waals surface area (Å²) in [4.78, 5) is 15.5. The lowest BCUT2D eigenvalue weighted by atomic mass is 10.0. The zero-order valence-corrected chi connectivity index (χ0v) is 20.4. The number of nitrogens with one attached hydrogen (secondary N) is 1. The van der Waals surface area contributed by atoms with Gasteiger partial charge in [-0.2, -0.15) is 4.31 Å². The van der Waals surface area contributed by atoms with E-state index in [1.165, 1.54) is 16.4 Å². The minimum Gasteiger partial charge on any atom is -0.379 e. The summed E-state index contributed by atoms with van der Waals surface area (Å²) in [7, 11) is -3.73. The molecule has 2 aromatic rings. The SMILES string of the molecule is Cc1ccc([C@@H](CN2CCOCC2)NC(=O)c2ccc(Cl)c(S(=O)(=O)N3CCCC3)c2)cc1. The normalized spacial score (nSPS) is 18.8. The van der Waals surface area contributed by atoms with Crippen molar-refractivity contribution < 1.29 is 17.9 Å². The topological polar surface area (TPSA) is 79.0 Å². The Bertz CT molecular complexity index is 1080. The summed E-state index contributed by atoms with van der Waals surface area (Å²) >= 11 is 6.25. The second-order valence-corrected chi connectivity index (χ2v) is 10.9. The molecule has 1 N–H and O–H groups in total. The average Bonchev–Trinajstić information content (AvgIpc) is 3.36. The van der Waals surface area contributed by atoms with E-state index in [1.54, 1.807) is 6.07 Å². The molecule has 0 radical (unpaired) electrons. The van der Waals surface area contributed by atoms with Crippen LogP contribution in [-0.2, 0) is 14.8 Å². The predicted octanol–water partition coefficient (Wildman–Crippen LogP) is 3.24. The molecule has 1 amide bonds. The molecule has 2 aliphatic heterocycles. The van der Waals surface area contributed by atoms with Crippen LogP contribution in [0.25, 0.3) is 0 Å². The van der Waals surface area contributed by atoms with Gasteiger partial charge < -0.3 is 10.1 Å². The van der Waals surface area contributed by atoms with E-state index in [-0.39, 0.29) is 27.4 Å². The van der Waals surface area contributed by atoms with Crippen LogP contribution in [0.4, 0.5) is 0 Å². The molecule has 0 aromatic heterocycles. The van der Waals surface area contributed by atoms with Gasteiger partial charge in [-0.25, -0.2) is 8.42 Å². The zero-order chi connectivity index (χ0) is 23.4. The number of hydrogen-bond acceptors (Lipinski definition) is 5. The van der Waals surface area contributed by atoms with Crippen LogP contribution in [-0.4, -0.2) is 69.5 Å². The van der Waals surface area contributed by atoms with Crippen LogP contribution in [0.15, 0.2) is 47.4 Å². The molecule has 2 heterocycles. The summed E-state index contributed by atoms with van der Waals surface area (Å²) in [5.41, 5.74) is 2.42. The molecular formula is C24H30ClN3O4S. The predicted molar refractivity (Wildman–Crippen MR) is 128 cm³/mol. The minimum atomic E-state index is -3.73. The van der Waals surface area contributed by atoms with Gasteiger partial charge in [0.05, 0.1) is 24.3 Å². The molecule has 1 atom stereocenters. The van der Waals surface area contributed by atoms with E-state index in [9.17, 15) is 13.2 Å². The average molecular weight is 492 g/mol. The lowest BCUT2D eigenvalue weighted by Gasteiger charge is -2.31. The van der Waals surface area contributed by atoms with E-state index in [4.69, 9.17) is 16.3 Å². The molecule has 0 unspecified atom stereocenters. The molecule has 9 heteroatoms. The molecule has 7 nitrogen and oxygen atoms in total. The molecule has 2 aliphatic rings. The van der Waals surface area contributed by atoms with Crippen LogP contribution in [0.2, 0.25) is 5.02 Å². The van der Waals surface area contributed by atoms with Gasteiger partial charge in [0.2, 0.25) is 10.0 Å². The molecule has 4 rings (SSSR count). The number of sulfonamides is 1. The van der Waals surface area contributed by atoms with E-state index in [2.05, 4.69) is 10.2 Å². The molecule has 2 saturated heterocycles. The molecule has 2 aromatic carbocycles. The summed E-state index contributed by atoms with van der Waals surface area (Å²) in [6, 6.07) is 12.3. The zero-order valence-electron chi connectivity index (χ0n) is 18.8. The first-order chi connectivity index (χ1) is 15.8. The third-order valence-electron chi connectivity index (χ3n) is 6.21. The second kappa shape index (κ2) is 10.5. The number of amides is 1. The number of carbonyl (C=O) groups excluding carboxylic acids is 1. The minimum absolute atomic E-state index is 0.0150. The van der Waals surface area contributed by atoms with Crippen LogP contribution >= 0.6 is 11.6 Å². The molecule has 0 bridgehead atoms. The van der Waals surface area contributed by atoms with Crippen molar-refractivity contribution in [3.8, 4) is 0 Å². The van der Waals surface area contributed by atoms with Gasteiger partial charge in [0.15, 0.2) is 0 Å². The Hall–Kier alpha value is -1.97.